The molecule has 0 atom stereocenters. The molecular formula is C12H14N2. The molecule has 0 aliphatic carbocycles. The molecule has 0 fully saturated rings. The zero-order chi connectivity index (χ0) is 10.1. The number of pyridine rings is 1. The van der Waals surface area contributed by atoms with Crippen molar-refractivity contribution in [1.29, 1.82) is 0 Å². The van der Waals surface area contributed by atoms with Gasteiger partial charge in [0, 0.05) is 35.8 Å². The predicted octanol–water partition coefficient (Wildman–Crippen LogP) is 2.90. The van der Waals surface area contributed by atoms with E-state index in [0.29, 0.717) is 0 Å². The standard InChI is InChI=1S/C12H14N2/c1-8-4-9(2)14-7-12(8)11-5-10(3)13-6-11/h4,6-7H,5H2,1-3H3. The number of aromatic nitrogens is 1. The minimum atomic E-state index is 0.964. The van der Waals surface area contributed by atoms with E-state index in [1.807, 2.05) is 19.3 Å². The predicted molar refractivity (Wildman–Crippen MR) is 59.4 cm³/mol. The molecule has 72 valence electrons. The molecule has 0 spiro atoms. The van der Waals surface area contributed by atoms with Crippen LogP contribution in [0.2, 0.25) is 0 Å². The molecule has 2 rings (SSSR count). The summed E-state index contributed by atoms with van der Waals surface area (Å²) in [5.41, 5.74) is 6.06. The highest BCUT2D eigenvalue weighted by Gasteiger charge is 2.10. The summed E-state index contributed by atoms with van der Waals surface area (Å²) in [4.78, 5) is 8.60. The number of allylic oxidation sites excluding steroid dienone is 1. The number of hydrogen-bond donors (Lipinski definition) is 0. The molecule has 0 saturated heterocycles. The van der Waals surface area contributed by atoms with Crippen molar-refractivity contribution in [2.24, 2.45) is 4.99 Å². The lowest BCUT2D eigenvalue weighted by molar-refractivity contribution is 1.16. The van der Waals surface area contributed by atoms with Gasteiger partial charge in [-0.15, -0.1) is 0 Å². The van der Waals surface area contributed by atoms with Crippen molar-refractivity contribution < 1.29 is 0 Å². The van der Waals surface area contributed by atoms with Crippen LogP contribution in [-0.2, 0) is 0 Å². The molecule has 0 N–H and O–H groups in total. The summed E-state index contributed by atoms with van der Waals surface area (Å²) < 4.78 is 0. The molecule has 0 unspecified atom stereocenters. The van der Waals surface area contributed by atoms with Crippen LogP contribution in [0.15, 0.2) is 23.5 Å². The number of nitrogens with zero attached hydrogens (tertiary/aromatic N) is 2. The average molecular weight is 186 g/mol. The summed E-state index contributed by atoms with van der Waals surface area (Å²) in [6.07, 6.45) is 4.87. The Morgan fingerprint density at radius 1 is 1.21 bits per heavy atom. The topological polar surface area (TPSA) is 25.2 Å². The molecule has 0 aromatic carbocycles. The van der Waals surface area contributed by atoms with E-state index in [2.05, 4.69) is 29.9 Å². The number of aliphatic imine (C=N–C) groups is 1. The van der Waals surface area contributed by atoms with E-state index < -0.39 is 0 Å². The maximum absolute atomic E-state index is 4.32. The van der Waals surface area contributed by atoms with Gasteiger partial charge in [0.2, 0.25) is 0 Å². The molecule has 0 amide bonds. The van der Waals surface area contributed by atoms with E-state index in [0.717, 1.165) is 12.1 Å². The van der Waals surface area contributed by atoms with Gasteiger partial charge in [-0.25, -0.2) is 0 Å². The first-order valence-electron chi connectivity index (χ1n) is 4.83. The fourth-order valence-electron chi connectivity index (χ4n) is 1.75. The fourth-order valence-corrected chi connectivity index (χ4v) is 1.75. The molecule has 2 heterocycles. The Morgan fingerprint density at radius 3 is 2.57 bits per heavy atom. The van der Waals surface area contributed by atoms with Crippen LogP contribution in [0.5, 0.6) is 0 Å². The van der Waals surface area contributed by atoms with Gasteiger partial charge in [0.25, 0.3) is 0 Å². The van der Waals surface area contributed by atoms with Gasteiger partial charge in [-0.3, -0.25) is 9.98 Å². The van der Waals surface area contributed by atoms with Crippen molar-refractivity contribution >= 4 is 11.3 Å². The van der Waals surface area contributed by atoms with E-state index in [1.54, 1.807) is 0 Å². The SMILES string of the molecule is CC1=NC=C(c2cnc(C)cc2C)C1. The molecule has 2 heteroatoms. The van der Waals surface area contributed by atoms with Gasteiger partial charge >= 0.3 is 0 Å². The second-order valence-electron chi connectivity index (χ2n) is 3.84. The smallest absolute Gasteiger partial charge is 0.0375 e. The Balaban J connectivity index is 2.35. The number of aryl methyl sites for hydroxylation is 2. The van der Waals surface area contributed by atoms with Crippen molar-refractivity contribution in [3.8, 4) is 0 Å². The fraction of sp³-hybridized carbons (Fsp3) is 0.333. The lowest BCUT2D eigenvalue weighted by atomic mass is 10.0. The lowest BCUT2D eigenvalue weighted by Gasteiger charge is -2.06. The maximum Gasteiger partial charge on any atom is 0.0375 e. The van der Waals surface area contributed by atoms with Crippen LogP contribution in [0.1, 0.15) is 30.2 Å². The van der Waals surface area contributed by atoms with Gasteiger partial charge in [-0.05, 0) is 38.0 Å². The zero-order valence-corrected chi connectivity index (χ0v) is 8.83. The van der Waals surface area contributed by atoms with E-state index in [-0.39, 0.29) is 0 Å². The Morgan fingerprint density at radius 2 is 2.00 bits per heavy atom. The van der Waals surface area contributed by atoms with Crippen LogP contribution < -0.4 is 0 Å². The minimum absolute atomic E-state index is 0.964. The van der Waals surface area contributed by atoms with E-state index in [4.69, 9.17) is 0 Å². The monoisotopic (exact) mass is 186 g/mol. The zero-order valence-electron chi connectivity index (χ0n) is 8.83. The third kappa shape index (κ3) is 1.60. The highest BCUT2D eigenvalue weighted by Crippen LogP contribution is 2.25. The summed E-state index contributed by atoms with van der Waals surface area (Å²) in [6, 6.07) is 2.11. The Bertz CT molecular complexity index is 428. The van der Waals surface area contributed by atoms with Crippen LogP contribution in [0, 0.1) is 13.8 Å². The molecule has 2 nitrogen and oxygen atoms in total. The first-order chi connectivity index (χ1) is 6.66. The summed E-state index contributed by atoms with van der Waals surface area (Å²) in [5, 5.41) is 0. The summed E-state index contributed by atoms with van der Waals surface area (Å²) in [6.45, 7) is 6.19. The third-order valence-corrected chi connectivity index (χ3v) is 2.48. The van der Waals surface area contributed by atoms with E-state index >= 15 is 0 Å². The third-order valence-electron chi connectivity index (χ3n) is 2.48. The van der Waals surface area contributed by atoms with E-state index in [1.165, 1.54) is 22.4 Å². The normalized spacial score (nSPS) is 15.4. The van der Waals surface area contributed by atoms with Crippen molar-refractivity contribution in [2.45, 2.75) is 27.2 Å². The van der Waals surface area contributed by atoms with Crippen molar-refractivity contribution in [2.75, 3.05) is 0 Å². The highest BCUT2D eigenvalue weighted by molar-refractivity contribution is 5.96. The Labute approximate surface area is 84.4 Å². The molecule has 1 aliphatic heterocycles. The van der Waals surface area contributed by atoms with Crippen LogP contribution >= 0.6 is 0 Å². The van der Waals surface area contributed by atoms with Crippen molar-refractivity contribution in [1.82, 2.24) is 4.98 Å². The summed E-state index contributed by atoms with van der Waals surface area (Å²) in [7, 11) is 0. The van der Waals surface area contributed by atoms with E-state index in [9.17, 15) is 0 Å². The van der Waals surface area contributed by atoms with Gasteiger partial charge in [0.05, 0.1) is 0 Å². The summed E-state index contributed by atoms with van der Waals surface area (Å²) in [5.74, 6) is 0. The molecule has 0 radical (unpaired) electrons. The molecule has 0 bridgehead atoms. The van der Waals surface area contributed by atoms with Crippen LogP contribution in [0.25, 0.3) is 5.57 Å². The number of hydrogen-bond acceptors (Lipinski definition) is 2. The Hall–Kier alpha value is -1.44. The van der Waals surface area contributed by atoms with Crippen LogP contribution in [0.4, 0.5) is 0 Å². The van der Waals surface area contributed by atoms with Gasteiger partial charge < -0.3 is 0 Å². The molecule has 14 heavy (non-hydrogen) atoms. The molecule has 0 saturated carbocycles. The second-order valence-corrected chi connectivity index (χ2v) is 3.84. The molecule has 1 aliphatic rings. The molecule has 1 aromatic heterocycles. The maximum atomic E-state index is 4.32. The molecular weight excluding hydrogens is 172 g/mol. The van der Waals surface area contributed by atoms with Crippen molar-refractivity contribution in [3.63, 3.8) is 0 Å². The minimum Gasteiger partial charge on any atom is -0.265 e. The van der Waals surface area contributed by atoms with Crippen molar-refractivity contribution in [3.05, 3.63) is 35.3 Å². The average Bonchev–Trinajstić information content (AvgIpc) is 2.51. The largest absolute Gasteiger partial charge is 0.265 e. The van der Waals surface area contributed by atoms with Gasteiger partial charge in [-0.2, -0.15) is 0 Å². The second kappa shape index (κ2) is 3.37. The Kier molecular flexibility index (Phi) is 2.20. The van der Waals surface area contributed by atoms with Crippen LogP contribution in [0.3, 0.4) is 0 Å². The van der Waals surface area contributed by atoms with Gasteiger partial charge in [0.1, 0.15) is 0 Å². The van der Waals surface area contributed by atoms with Gasteiger partial charge in [-0.1, -0.05) is 0 Å². The number of rotatable bonds is 1. The summed E-state index contributed by atoms with van der Waals surface area (Å²) >= 11 is 0. The molecule has 1 aromatic rings. The first-order valence-corrected chi connectivity index (χ1v) is 4.83. The quantitative estimate of drug-likeness (QED) is 0.662. The first kappa shape index (κ1) is 9.13. The lowest BCUT2D eigenvalue weighted by Crippen LogP contribution is -1.93. The van der Waals surface area contributed by atoms with Gasteiger partial charge in [0.15, 0.2) is 0 Å². The van der Waals surface area contributed by atoms with Crippen LogP contribution in [-0.4, -0.2) is 10.7 Å². The highest BCUT2D eigenvalue weighted by atomic mass is 14.7.